The van der Waals surface area contributed by atoms with Crippen LogP contribution in [0.2, 0.25) is 15.1 Å². The van der Waals surface area contributed by atoms with E-state index in [0.29, 0.717) is 65.8 Å². The van der Waals surface area contributed by atoms with Gasteiger partial charge in [-0.15, -0.1) is 0 Å². The molecule has 10 heteroatoms. The molecule has 4 aromatic rings. The first kappa shape index (κ1) is 27.5. The van der Waals surface area contributed by atoms with E-state index in [1.54, 1.807) is 51.9 Å². The molecular weight excluding hydrogens is 577 g/mol. The first-order chi connectivity index (χ1) is 18.7. The first-order valence-electron chi connectivity index (χ1n) is 12.3. The minimum atomic E-state index is -0.647. The second-order valence-electron chi connectivity index (χ2n) is 8.91. The van der Waals surface area contributed by atoms with Crippen molar-refractivity contribution in [1.82, 2.24) is 9.47 Å². The molecule has 1 aliphatic heterocycles. The molecule has 200 valence electrons. The lowest BCUT2D eigenvalue weighted by atomic mass is 9.94. The molecule has 0 spiro atoms. The van der Waals surface area contributed by atoms with E-state index in [1.165, 1.54) is 11.3 Å². The van der Waals surface area contributed by atoms with Gasteiger partial charge in [0.15, 0.2) is 4.80 Å². The minimum Gasteiger partial charge on any atom is -0.457 e. The van der Waals surface area contributed by atoms with Gasteiger partial charge in [0, 0.05) is 29.8 Å². The highest BCUT2D eigenvalue weighted by atomic mass is 35.5. The number of aromatic nitrogens is 1. The third kappa shape index (κ3) is 5.12. The number of benzene rings is 2. The van der Waals surface area contributed by atoms with E-state index in [9.17, 15) is 9.59 Å². The number of likely N-dealkylation sites (N-methyl/N-ethyl adjacent to an activating group) is 1. The van der Waals surface area contributed by atoms with E-state index < -0.39 is 6.04 Å². The second kappa shape index (κ2) is 11.2. The summed E-state index contributed by atoms with van der Waals surface area (Å²) in [7, 11) is 0. The van der Waals surface area contributed by atoms with E-state index in [-0.39, 0.29) is 11.5 Å². The standard InChI is InChI=1S/C29H24Cl3N3O3S/c1-4-34(5-2)28(37)24-16(3)33-29-35(26(24)17-9-11-18(30)12-10-17)27(36)23(39-29)15-19-13-14-22(38-19)20-7-6-8-21(31)25(20)32/h6-15,26H,4-5H2,1-3H3/b23-15+/t26-/m1/s1. The van der Waals surface area contributed by atoms with Crippen LogP contribution in [0.25, 0.3) is 17.4 Å². The van der Waals surface area contributed by atoms with Crippen molar-refractivity contribution in [2.45, 2.75) is 26.8 Å². The van der Waals surface area contributed by atoms with Crippen LogP contribution in [0.1, 0.15) is 38.1 Å². The average molecular weight is 601 g/mol. The van der Waals surface area contributed by atoms with Gasteiger partial charge in [0.2, 0.25) is 0 Å². The molecule has 39 heavy (non-hydrogen) atoms. The van der Waals surface area contributed by atoms with Crippen LogP contribution in [-0.4, -0.2) is 28.5 Å². The third-order valence-corrected chi connectivity index (χ3v) is 8.66. The van der Waals surface area contributed by atoms with Gasteiger partial charge < -0.3 is 9.32 Å². The summed E-state index contributed by atoms with van der Waals surface area (Å²) >= 11 is 19.9. The Morgan fingerprint density at radius 2 is 1.79 bits per heavy atom. The van der Waals surface area contributed by atoms with Gasteiger partial charge in [-0.05, 0) is 62.7 Å². The fourth-order valence-corrected chi connectivity index (χ4v) is 6.18. The molecular formula is C29H24Cl3N3O3S. The van der Waals surface area contributed by atoms with Crippen LogP contribution in [0.15, 0.2) is 80.1 Å². The molecule has 0 bridgehead atoms. The van der Waals surface area contributed by atoms with Crippen molar-refractivity contribution in [3.63, 3.8) is 0 Å². The molecule has 1 atom stereocenters. The average Bonchev–Trinajstić information content (AvgIpc) is 3.50. The highest BCUT2D eigenvalue weighted by molar-refractivity contribution is 7.07. The van der Waals surface area contributed by atoms with Crippen LogP contribution < -0.4 is 14.9 Å². The van der Waals surface area contributed by atoms with Gasteiger partial charge >= 0.3 is 0 Å². The molecule has 0 aliphatic carbocycles. The van der Waals surface area contributed by atoms with Gasteiger partial charge in [0.1, 0.15) is 11.5 Å². The summed E-state index contributed by atoms with van der Waals surface area (Å²) in [5.41, 5.74) is 2.21. The van der Waals surface area contributed by atoms with E-state index in [2.05, 4.69) is 0 Å². The fraction of sp³-hybridized carbons (Fsp3) is 0.207. The molecule has 3 heterocycles. The molecule has 2 aromatic carbocycles. The quantitative estimate of drug-likeness (QED) is 0.260. The Morgan fingerprint density at radius 1 is 1.08 bits per heavy atom. The maximum atomic E-state index is 13.9. The van der Waals surface area contributed by atoms with Crippen molar-refractivity contribution < 1.29 is 9.21 Å². The molecule has 1 aliphatic rings. The lowest BCUT2D eigenvalue weighted by molar-refractivity contribution is -0.127. The molecule has 0 fully saturated rings. The van der Waals surface area contributed by atoms with Gasteiger partial charge in [0.25, 0.3) is 11.5 Å². The zero-order valence-electron chi connectivity index (χ0n) is 21.4. The van der Waals surface area contributed by atoms with Crippen molar-refractivity contribution in [2.24, 2.45) is 4.99 Å². The smallest absolute Gasteiger partial charge is 0.271 e. The largest absolute Gasteiger partial charge is 0.457 e. The Bertz CT molecular complexity index is 1780. The Hall–Kier alpha value is -3.10. The zero-order chi connectivity index (χ0) is 27.8. The SMILES string of the molecule is CCN(CC)C(=O)C1=C(C)N=c2s/c(=C/c3ccc(-c4cccc(Cl)c4Cl)o3)c(=O)n2[C@@H]1c1ccc(Cl)cc1. The van der Waals surface area contributed by atoms with E-state index >= 15 is 0 Å². The monoisotopic (exact) mass is 599 g/mol. The minimum absolute atomic E-state index is 0.149. The summed E-state index contributed by atoms with van der Waals surface area (Å²) in [5, 5.41) is 1.38. The summed E-state index contributed by atoms with van der Waals surface area (Å²) in [6.07, 6.45) is 1.68. The number of hydrogen-bond acceptors (Lipinski definition) is 5. The van der Waals surface area contributed by atoms with Crippen LogP contribution >= 0.6 is 46.1 Å². The molecule has 6 nitrogen and oxygen atoms in total. The molecule has 0 saturated carbocycles. The molecule has 0 unspecified atom stereocenters. The summed E-state index contributed by atoms with van der Waals surface area (Å²) in [6, 6.07) is 15.4. The number of thiazole rings is 1. The van der Waals surface area contributed by atoms with Crippen molar-refractivity contribution in [3.05, 3.63) is 112 Å². The van der Waals surface area contributed by atoms with Crippen LogP contribution in [0.5, 0.6) is 0 Å². The maximum Gasteiger partial charge on any atom is 0.271 e. The lowest BCUT2D eigenvalue weighted by Crippen LogP contribution is -2.43. The normalized spacial score (nSPS) is 15.3. The summed E-state index contributed by atoms with van der Waals surface area (Å²) < 4.78 is 8.02. The maximum absolute atomic E-state index is 13.9. The fourth-order valence-electron chi connectivity index (χ4n) is 4.64. The van der Waals surface area contributed by atoms with Gasteiger partial charge in [-0.3, -0.25) is 14.2 Å². The number of nitrogens with zero attached hydrogens (tertiary/aromatic N) is 3. The van der Waals surface area contributed by atoms with Crippen LogP contribution in [-0.2, 0) is 4.79 Å². The Labute approximate surface area is 244 Å². The van der Waals surface area contributed by atoms with Crippen molar-refractivity contribution in [1.29, 1.82) is 0 Å². The molecule has 0 saturated heterocycles. The van der Waals surface area contributed by atoms with Crippen LogP contribution in [0.4, 0.5) is 0 Å². The van der Waals surface area contributed by atoms with Gasteiger partial charge in [-0.25, -0.2) is 4.99 Å². The third-order valence-electron chi connectivity index (χ3n) is 6.61. The van der Waals surface area contributed by atoms with E-state index in [4.69, 9.17) is 44.2 Å². The van der Waals surface area contributed by atoms with E-state index in [1.807, 2.05) is 39.0 Å². The molecule has 5 rings (SSSR count). The molecule has 0 radical (unpaired) electrons. The number of hydrogen-bond donors (Lipinski definition) is 0. The molecule has 0 N–H and O–H groups in total. The van der Waals surface area contributed by atoms with E-state index in [0.717, 1.165) is 5.56 Å². The highest BCUT2D eigenvalue weighted by Crippen LogP contribution is 2.35. The molecule has 2 aromatic heterocycles. The number of rotatable bonds is 6. The zero-order valence-corrected chi connectivity index (χ0v) is 24.5. The summed E-state index contributed by atoms with van der Waals surface area (Å²) in [4.78, 5) is 34.4. The first-order valence-corrected chi connectivity index (χ1v) is 14.3. The van der Waals surface area contributed by atoms with Crippen molar-refractivity contribution in [2.75, 3.05) is 13.1 Å². The Kier molecular flexibility index (Phi) is 7.87. The topological polar surface area (TPSA) is 67.8 Å². The second-order valence-corrected chi connectivity index (χ2v) is 11.1. The van der Waals surface area contributed by atoms with Crippen LogP contribution in [0, 0.1) is 0 Å². The van der Waals surface area contributed by atoms with Crippen LogP contribution in [0.3, 0.4) is 0 Å². The molecule has 1 amide bonds. The summed E-state index contributed by atoms with van der Waals surface area (Å²) in [5.74, 6) is 0.859. The number of furan rings is 1. The number of halogens is 3. The number of carbonyl (C=O) groups is 1. The van der Waals surface area contributed by atoms with Gasteiger partial charge in [-0.2, -0.15) is 0 Å². The van der Waals surface area contributed by atoms with Gasteiger partial charge in [-0.1, -0.05) is 64.3 Å². The highest BCUT2D eigenvalue weighted by Gasteiger charge is 2.34. The van der Waals surface area contributed by atoms with Crippen molar-refractivity contribution in [3.8, 4) is 11.3 Å². The number of fused-ring (bicyclic) bond motifs is 1. The Balaban J connectivity index is 1.65. The predicted molar refractivity (Wildman–Crippen MR) is 157 cm³/mol. The lowest BCUT2D eigenvalue weighted by Gasteiger charge is -2.29. The number of amides is 1. The summed E-state index contributed by atoms with van der Waals surface area (Å²) in [6.45, 7) is 6.75. The predicted octanol–water partition coefficient (Wildman–Crippen LogP) is 6.32. The van der Waals surface area contributed by atoms with Gasteiger partial charge in [0.05, 0.1) is 31.9 Å². The number of carbonyl (C=O) groups excluding carboxylic acids is 1. The van der Waals surface area contributed by atoms with Crippen molar-refractivity contribution >= 4 is 58.1 Å². The Morgan fingerprint density at radius 3 is 2.49 bits per heavy atom. The number of allylic oxidation sites excluding steroid dienone is 1.